The van der Waals surface area contributed by atoms with E-state index in [4.69, 9.17) is 0 Å². The normalized spacial score (nSPS) is 25.0. The van der Waals surface area contributed by atoms with Crippen LogP contribution in [0, 0.1) is 0 Å². The topological polar surface area (TPSA) is 56.9 Å². The fourth-order valence-corrected chi connectivity index (χ4v) is 3.73. The number of H-pyrrole nitrogens is 1. The second-order valence-corrected chi connectivity index (χ2v) is 6.22. The van der Waals surface area contributed by atoms with Crippen molar-refractivity contribution in [3.8, 4) is 0 Å². The second-order valence-electron chi connectivity index (χ2n) is 6.22. The molecule has 0 bridgehead atoms. The molecule has 2 atom stereocenters. The lowest BCUT2D eigenvalue weighted by Gasteiger charge is -2.25. The minimum atomic E-state index is 0.191. The molecule has 1 aliphatic carbocycles. The number of carbonyl (C=O) groups excluding carboxylic acids is 1. The minimum Gasteiger partial charge on any atom is -0.357 e. The van der Waals surface area contributed by atoms with Gasteiger partial charge in [0, 0.05) is 41.6 Å². The number of fused-ring (bicyclic) bond motifs is 3. The van der Waals surface area contributed by atoms with Crippen molar-refractivity contribution in [2.45, 2.75) is 44.2 Å². The van der Waals surface area contributed by atoms with Crippen molar-refractivity contribution in [2.75, 3.05) is 6.54 Å². The molecule has 1 aliphatic heterocycles. The number of rotatable bonds is 3. The zero-order valence-electron chi connectivity index (χ0n) is 12.1. The highest BCUT2D eigenvalue weighted by atomic mass is 16.1. The summed E-state index contributed by atoms with van der Waals surface area (Å²) < 4.78 is 0. The molecule has 2 heterocycles. The zero-order chi connectivity index (χ0) is 14.2. The summed E-state index contributed by atoms with van der Waals surface area (Å²) in [6, 6.07) is 9.25. The Morgan fingerprint density at radius 1 is 1.19 bits per heavy atom. The number of hydrogen-bond acceptors (Lipinski definition) is 2. The molecule has 4 heteroatoms. The zero-order valence-corrected chi connectivity index (χ0v) is 12.1. The number of para-hydroxylation sites is 1. The highest BCUT2D eigenvalue weighted by Crippen LogP contribution is 2.34. The van der Waals surface area contributed by atoms with Gasteiger partial charge in [0.05, 0.1) is 0 Å². The molecular weight excluding hydrogens is 262 g/mol. The van der Waals surface area contributed by atoms with Gasteiger partial charge in [0.2, 0.25) is 5.91 Å². The van der Waals surface area contributed by atoms with E-state index in [9.17, 15) is 4.79 Å². The first kappa shape index (κ1) is 12.9. The number of nitrogens with one attached hydrogen (secondary N) is 3. The van der Waals surface area contributed by atoms with Crippen molar-refractivity contribution in [3.05, 3.63) is 35.5 Å². The van der Waals surface area contributed by atoms with Gasteiger partial charge in [0.15, 0.2) is 0 Å². The smallest absolute Gasteiger partial charge is 0.220 e. The van der Waals surface area contributed by atoms with Crippen LogP contribution in [-0.2, 0) is 11.2 Å². The van der Waals surface area contributed by atoms with Crippen molar-refractivity contribution < 1.29 is 4.79 Å². The van der Waals surface area contributed by atoms with Crippen LogP contribution in [0.15, 0.2) is 24.3 Å². The number of benzene rings is 1. The van der Waals surface area contributed by atoms with E-state index in [2.05, 4.69) is 39.9 Å². The number of hydrogen-bond donors (Lipinski definition) is 3. The molecule has 0 saturated carbocycles. The van der Waals surface area contributed by atoms with E-state index in [1.165, 1.54) is 35.0 Å². The quantitative estimate of drug-likeness (QED) is 0.810. The summed E-state index contributed by atoms with van der Waals surface area (Å²) in [6.07, 6.45) is 5.19. The van der Waals surface area contributed by atoms with E-state index in [1.807, 2.05) is 0 Å². The van der Waals surface area contributed by atoms with Gasteiger partial charge in [-0.1, -0.05) is 18.2 Å². The summed E-state index contributed by atoms with van der Waals surface area (Å²) in [6.45, 7) is 0.866. The molecule has 4 rings (SSSR count). The van der Waals surface area contributed by atoms with Crippen LogP contribution in [0.5, 0.6) is 0 Å². The maximum absolute atomic E-state index is 11.3. The Kier molecular flexibility index (Phi) is 3.19. The lowest BCUT2D eigenvalue weighted by molar-refractivity contribution is -0.119. The van der Waals surface area contributed by atoms with Gasteiger partial charge in [-0.15, -0.1) is 0 Å². The molecule has 0 spiro atoms. The molecule has 2 unspecified atom stereocenters. The van der Waals surface area contributed by atoms with E-state index >= 15 is 0 Å². The minimum absolute atomic E-state index is 0.191. The molecule has 2 aromatic rings. The summed E-state index contributed by atoms with van der Waals surface area (Å²) in [7, 11) is 0. The Morgan fingerprint density at radius 2 is 2.10 bits per heavy atom. The van der Waals surface area contributed by atoms with Crippen LogP contribution in [0.25, 0.3) is 10.9 Å². The van der Waals surface area contributed by atoms with Gasteiger partial charge in [-0.3, -0.25) is 4.79 Å². The molecule has 1 saturated heterocycles. The van der Waals surface area contributed by atoms with Crippen LogP contribution in [-0.4, -0.2) is 23.5 Å². The predicted octanol–water partition coefficient (Wildman–Crippen LogP) is 2.41. The molecule has 1 aromatic heterocycles. The molecular formula is C17H21N3O. The third-order valence-electron chi connectivity index (χ3n) is 4.81. The standard InChI is InChI=1S/C17H21N3O/c21-16-9-8-11(19-16)10-18-15-7-3-5-13-12-4-1-2-6-14(12)20-17(13)15/h1-2,4,6,11,15,18,20H,3,5,7-10H2,(H,19,21). The maximum atomic E-state index is 11.3. The first-order valence-electron chi connectivity index (χ1n) is 7.93. The van der Waals surface area contributed by atoms with Gasteiger partial charge in [-0.2, -0.15) is 0 Å². The fraction of sp³-hybridized carbons (Fsp3) is 0.471. The first-order valence-corrected chi connectivity index (χ1v) is 7.93. The van der Waals surface area contributed by atoms with Gasteiger partial charge in [-0.25, -0.2) is 0 Å². The molecule has 1 amide bonds. The number of aryl methyl sites for hydroxylation is 1. The van der Waals surface area contributed by atoms with Crippen LogP contribution in [0.3, 0.4) is 0 Å². The highest BCUT2D eigenvalue weighted by Gasteiger charge is 2.26. The number of carbonyl (C=O) groups is 1. The van der Waals surface area contributed by atoms with Crippen molar-refractivity contribution in [1.82, 2.24) is 15.6 Å². The Hall–Kier alpha value is -1.81. The van der Waals surface area contributed by atoms with E-state index in [0.717, 1.165) is 19.4 Å². The summed E-state index contributed by atoms with van der Waals surface area (Å²) >= 11 is 0. The number of aromatic amines is 1. The van der Waals surface area contributed by atoms with Crippen molar-refractivity contribution >= 4 is 16.8 Å². The Bertz CT molecular complexity index is 676. The Balaban J connectivity index is 1.54. The predicted molar refractivity (Wildman–Crippen MR) is 83.1 cm³/mol. The fourth-order valence-electron chi connectivity index (χ4n) is 3.73. The summed E-state index contributed by atoms with van der Waals surface area (Å²) in [5.74, 6) is 0.191. The average Bonchev–Trinajstić information content (AvgIpc) is 3.09. The lowest BCUT2D eigenvalue weighted by Crippen LogP contribution is -2.38. The molecule has 2 aliphatic rings. The van der Waals surface area contributed by atoms with Gasteiger partial charge >= 0.3 is 0 Å². The molecule has 4 nitrogen and oxygen atoms in total. The van der Waals surface area contributed by atoms with Gasteiger partial charge < -0.3 is 15.6 Å². The molecule has 110 valence electrons. The molecule has 1 fully saturated rings. The summed E-state index contributed by atoms with van der Waals surface area (Å²) in [5, 5.41) is 8.06. The first-order chi connectivity index (χ1) is 10.3. The third kappa shape index (κ3) is 2.33. The number of aromatic nitrogens is 1. The monoisotopic (exact) mass is 283 g/mol. The van der Waals surface area contributed by atoms with Gasteiger partial charge in [0.25, 0.3) is 0 Å². The van der Waals surface area contributed by atoms with Crippen LogP contribution < -0.4 is 10.6 Å². The van der Waals surface area contributed by atoms with Crippen LogP contribution in [0.4, 0.5) is 0 Å². The van der Waals surface area contributed by atoms with Gasteiger partial charge in [0.1, 0.15) is 0 Å². The summed E-state index contributed by atoms with van der Waals surface area (Å²) in [5.41, 5.74) is 4.07. The Labute approximate surface area is 124 Å². The van der Waals surface area contributed by atoms with E-state index in [1.54, 1.807) is 0 Å². The lowest BCUT2D eigenvalue weighted by atomic mass is 9.91. The molecule has 21 heavy (non-hydrogen) atoms. The average molecular weight is 283 g/mol. The van der Waals surface area contributed by atoms with E-state index in [-0.39, 0.29) is 5.91 Å². The SMILES string of the molecule is O=C1CCC(CNC2CCCc3c2[nH]c2ccccc32)N1. The van der Waals surface area contributed by atoms with Gasteiger partial charge in [-0.05, 0) is 37.3 Å². The Morgan fingerprint density at radius 3 is 2.95 bits per heavy atom. The van der Waals surface area contributed by atoms with Crippen LogP contribution in [0.1, 0.15) is 43.0 Å². The largest absolute Gasteiger partial charge is 0.357 e. The summed E-state index contributed by atoms with van der Waals surface area (Å²) in [4.78, 5) is 14.9. The highest BCUT2D eigenvalue weighted by molar-refractivity contribution is 5.85. The van der Waals surface area contributed by atoms with E-state index < -0.39 is 0 Å². The third-order valence-corrected chi connectivity index (χ3v) is 4.81. The van der Waals surface area contributed by atoms with Crippen molar-refractivity contribution in [1.29, 1.82) is 0 Å². The maximum Gasteiger partial charge on any atom is 0.220 e. The van der Waals surface area contributed by atoms with E-state index in [0.29, 0.717) is 18.5 Å². The molecule has 0 radical (unpaired) electrons. The van der Waals surface area contributed by atoms with Crippen LogP contribution >= 0.6 is 0 Å². The van der Waals surface area contributed by atoms with Crippen molar-refractivity contribution in [3.63, 3.8) is 0 Å². The molecule has 3 N–H and O–H groups in total. The van der Waals surface area contributed by atoms with Crippen LogP contribution in [0.2, 0.25) is 0 Å². The van der Waals surface area contributed by atoms with Crippen molar-refractivity contribution in [2.24, 2.45) is 0 Å². The number of amides is 1. The molecule has 1 aromatic carbocycles. The second kappa shape index (κ2) is 5.19.